The van der Waals surface area contributed by atoms with Crippen LogP contribution in [0.15, 0.2) is 0 Å². The Bertz CT molecular complexity index is 279. The van der Waals surface area contributed by atoms with E-state index in [-0.39, 0.29) is 0 Å². The molecule has 0 radical (unpaired) electrons. The summed E-state index contributed by atoms with van der Waals surface area (Å²) in [4.78, 5) is 21.5. The quantitative estimate of drug-likeness (QED) is 0.255. The molecule has 0 aromatic rings. The number of phosphoric acid groups is 1. The highest BCUT2D eigenvalue weighted by molar-refractivity contribution is 7.43. The lowest BCUT2D eigenvalue weighted by atomic mass is 10.3. The van der Waals surface area contributed by atoms with E-state index in [4.69, 9.17) is 14.2 Å². The molecule has 0 heterocycles. The molecule has 0 N–H and O–H groups in total. The van der Waals surface area contributed by atoms with Gasteiger partial charge in [-0.15, -0.1) is 0 Å². The van der Waals surface area contributed by atoms with Gasteiger partial charge in [0.25, 0.3) is 0 Å². The molecule has 0 aliphatic carbocycles. The van der Waals surface area contributed by atoms with Gasteiger partial charge in [-0.1, -0.05) is 40.0 Å². The van der Waals surface area contributed by atoms with Gasteiger partial charge >= 0.3 is 5.97 Å². The Balaban J connectivity index is 4.79. The highest BCUT2D eigenvalue weighted by Gasteiger charge is 2.34. The van der Waals surface area contributed by atoms with E-state index in [1.165, 1.54) is 0 Å². The summed E-state index contributed by atoms with van der Waals surface area (Å²) in [6.07, 6.45) is 5.01. The van der Waals surface area contributed by atoms with Gasteiger partial charge in [0, 0.05) is 0 Å². The molecule has 0 bridgehead atoms. The van der Waals surface area contributed by atoms with E-state index in [1.807, 2.05) is 20.8 Å². The van der Waals surface area contributed by atoms with Crippen molar-refractivity contribution in [2.75, 3.05) is 26.4 Å². The summed E-state index contributed by atoms with van der Waals surface area (Å²) >= 11 is 0. The summed E-state index contributed by atoms with van der Waals surface area (Å²) in [5.74, 6) is -1.63. The van der Waals surface area contributed by atoms with Crippen molar-refractivity contribution in [1.29, 1.82) is 0 Å². The lowest BCUT2D eigenvalue weighted by Gasteiger charge is -2.37. The summed E-state index contributed by atoms with van der Waals surface area (Å²) in [6, 6.07) is 0. The van der Waals surface area contributed by atoms with Gasteiger partial charge in [-0.05, 0) is 19.3 Å². The van der Waals surface area contributed by atoms with E-state index < -0.39 is 20.4 Å². The number of hydrogen-bond donors (Lipinski definition) is 0. The van der Waals surface area contributed by atoms with Crippen molar-refractivity contribution < 1.29 is 33.1 Å². The van der Waals surface area contributed by atoms with Gasteiger partial charge in [-0.3, -0.25) is 0 Å². The van der Waals surface area contributed by atoms with Crippen LogP contribution in [0.5, 0.6) is 0 Å². The maximum atomic E-state index is 10.8. The molecule has 0 aromatic heterocycles. The molecule has 0 saturated heterocycles. The monoisotopic (exact) mass is 340 g/mol. The Morgan fingerprint density at radius 3 is 1.45 bits per heavy atom. The lowest BCUT2D eigenvalue weighted by molar-refractivity contribution is -0.403. The summed E-state index contributed by atoms with van der Waals surface area (Å²) in [5, 5.41) is 0. The van der Waals surface area contributed by atoms with Crippen molar-refractivity contribution in [1.82, 2.24) is 0 Å². The molecule has 0 unspecified atom stereocenters. The SMILES string of the molecule is CCCCOC(COP(=O)([O-])[O-])(OCCCC)OCCCC. The molecule has 8 heteroatoms. The van der Waals surface area contributed by atoms with Crippen molar-refractivity contribution in [2.24, 2.45) is 0 Å². The van der Waals surface area contributed by atoms with E-state index in [0.717, 1.165) is 38.5 Å². The molecule has 0 aliphatic rings. The zero-order valence-electron chi connectivity index (χ0n) is 13.9. The first-order valence-electron chi connectivity index (χ1n) is 7.97. The Hall–Kier alpha value is -0.0100. The van der Waals surface area contributed by atoms with Gasteiger partial charge in [0.05, 0.1) is 27.6 Å². The number of phosphoric ester groups is 1. The molecule has 0 aliphatic heterocycles. The molecular weight excluding hydrogens is 311 g/mol. The second kappa shape index (κ2) is 12.4. The molecule has 22 heavy (non-hydrogen) atoms. The highest BCUT2D eigenvalue weighted by atomic mass is 31.2. The Labute approximate surface area is 133 Å². The standard InChI is InChI=1S/C14H31O7P/c1-4-7-10-18-14(19-11-8-5-2,20-12-9-6-3)13-21-22(15,16)17/h4-13H2,1-3H3,(H2,15,16,17)/p-2. The van der Waals surface area contributed by atoms with Crippen molar-refractivity contribution in [2.45, 2.75) is 65.3 Å². The molecule has 0 fully saturated rings. The smallest absolute Gasteiger partial charge is 0.308 e. The third-order valence-electron chi connectivity index (χ3n) is 2.86. The minimum atomic E-state index is -5.12. The third kappa shape index (κ3) is 11.5. The Morgan fingerprint density at radius 1 is 0.818 bits per heavy atom. The van der Waals surface area contributed by atoms with Gasteiger partial charge in [0.1, 0.15) is 6.61 Å². The number of hydrogen-bond acceptors (Lipinski definition) is 7. The second-order valence-corrected chi connectivity index (χ2v) is 6.16. The fourth-order valence-electron chi connectivity index (χ4n) is 1.52. The van der Waals surface area contributed by atoms with Gasteiger partial charge in [-0.25, -0.2) is 0 Å². The number of unbranched alkanes of at least 4 members (excludes halogenated alkanes) is 3. The van der Waals surface area contributed by atoms with E-state index in [9.17, 15) is 14.4 Å². The molecule has 0 aromatic carbocycles. The van der Waals surface area contributed by atoms with Crippen molar-refractivity contribution in [3.63, 3.8) is 0 Å². The van der Waals surface area contributed by atoms with E-state index in [1.54, 1.807) is 0 Å². The van der Waals surface area contributed by atoms with Crippen LogP contribution >= 0.6 is 7.82 Å². The zero-order valence-corrected chi connectivity index (χ0v) is 14.8. The summed E-state index contributed by atoms with van der Waals surface area (Å²) in [6.45, 7) is 6.41. The van der Waals surface area contributed by atoms with Crippen LogP contribution in [0, 0.1) is 0 Å². The first-order chi connectivity index (χ1) is 10.4. The van der Waals surface area contributed by atoms with Crippen molar-refractivity contribution in [3.8, 4) is 0 Å². The van der Waals surface area contributed by atoms with Crippen molar-refractivity contribution in [3.05, 3.63) is 0 Å². The molecular formula is C14H29O7P-2. The fourth-order valence-corrected chi connectivity index (χ4v) is 1.84. The van der Waals surface area contributed by atoms with Gasteiger partial charge in [0.2, 0.25) is 0 Å². The van der Waals surface area contributed by atoms with Gasteiger partial charge in [0.15, 0.2) is 0 Å². The predicted octanol–water partition coefficient (Wildman–Crippen LogP) is 1.94. The van der Waals surface area contributed by atoms with Gasteiger partial charge < -0.3 is 33.1 Å². The molecule has 0 rings (SSSR count). The van der Waals surface area contributed by atoms with Gasteiger partial charge in [-0.2, -0.15) is 0 Å². The maximum absolute atomic E-state index is 10.8. The molecule has 0 saturated carbocycles. The lowest BCUT2D eigenvalue weighted by Crippen LogP contribution is -2.45. The summed E-state index contributed by atoms with van der Waals surface area (Å²) in [7, 11) is -5.12. The zero-order chi connectivity index (χ0) is 16.9. The van der Waals surface area contributed by atoms with Crippen LogP contribution in [0.2, 0.25) is 0 Å². The van der Waals surface area contributed by atoms with E-state index in [2.05, 4.69) is 4.52 Å². The second-order valence-electron chi connectivity index (χ2n) is 5.01. The van der Waals surface area contributed by atoms with Crippen LogP contribution in [0.4, 0.5) is 0 Å². The summed E-state index contributed by atoms with van der Waals surface area (Å²) < 4.78 is 31.9. The van der Waals surface area contributed by atoms with Crippen LogP contribution in [0.3, 0.4) is 0 Å². The van der Waals surface area contributed by atoms with E-state index >= 15 is 0 Å². The molecule has 7 nitrogen and oxygen atoms in total. The fraction of sp³-hybridized carbons (Fsp3) is 1.00. The van der Waals surface area contributed by atoms with Crippen LogP contribution in [-0.2, 0) is 23.3 Å². The molecule has 134 valence electrons. The number of ether oxygens (including phenoxy) is 3. The van der Waals surface area contributed by atoms with Crippen molar-refractivity contribution >= 4 is 7.82 Å². The topological polar surface area (TPSA) is 100 Å². The van der Waals surface area contributed by atoms with E-state index in [0.29, 0.717) is 19.8 Å². The largest absolute Gasteiger partial charge is 0.790 e. The van der Waals surface area contributed by atoms with Crippen LogP contribution in [0.1, 0.15) is 59.3 Å². The van der Waals surface area contributed by atoms with Crippen LogP contribution < -0.4 is 9.79 Å². The van der Waals surface area contributed by atoms with Crippen LogP contribution in [0.25, 0.3) is 0 Å². The average molecular weight is 340 g/mol. The Morgan fingerprint density at radius 2 is 1.18 bits per heavy atom. The predicted molar refractivity (Wildman–Crippen MR) is 78.9 cm³/mol. The molecule has 0 atom stereocenters. The number of rotatable bonds is 15. The normalized spacial score (nSPS) is 12.8. The maximum Gasteiger partial charge on any atom is 0.308 e. The minimum Gasteiger partial charge on any atom is -0.790 e. The highest BCUT2D eigenvalue weighted by Crippen LogP contribution is 2.29. The minimum absolute atomic E-state index is 0.333. The molecule has 0 amide bonds. The average Bonchev–Trinajstić information content (AvgIpc) is 2.45. The summed E-state index contributed by atoms with van der Waals surface area (Å²) in [5.41, 5.74) is 0. The first kappa shape index (κ1) is 22.0. The first-order valence-corrected chi connectivity index (χ1v) is 9.43. The van der Waals surface area contributed by atoms with Crippen LogP contribution in [-0.4, -0.2) is 32.4 Å². The third-order valence-corrected chi connectivity index (χ3v) is 3.30. The molecule has 0 spiro atoms. The Kier molecular flexibility index (Phi) is 12.4.